The minimum Gasteiger partial charge on any atom is -0.388 e. The molecule has 0 spiro atoms. The van der Waals surface area contributed by atoms with Crippen LogP contribution >= 0.6 is 0 Å². The maximum atomic E-state index is 11.3. The van der Waals surface area contributed by atoms with Gasteiger partial charge in [-0.3, -0.25) is 4.79 Å². The Hall–Kier alpha value is -0.630. The molecule has 80 valence electrons. The van der Waals surface area contributed by atoms with E-state index in [1.54, 1.807) is 6.08 Å². The van der Waals surface area contributed by atoms with Crippen molar-refractivity contribution in [1.82, 2.24) is 0 Å². The van der Waals surface area contributed by atoms with Gasteiger partial charge < -0.3 is 5.11 Å². The van der Waals surface area contributed by atoms with E-state index in [1.165, 1.54) is 31.8 Å². The number of rotatable bonds is 6. The van der Waals surface area contributed by atoms with E-state index in [9.17, 15) is 9.90 Å². The monoisotopic (exact) mass is 196 g/mol. The topological polar surface area (TPSA) is 37.3 Å². The van der Waals surface area contributed by atoms with Crippen LogP contribution in [0.25, 0.3) is 0 Å². The fourth-order valence-electron chi connectivity index (χ4n) is 1.90. The second-order valence-electron chi connectivity index (χ2n) is 4.06. The van der Waals surface area contributed by atoms with Crippen LogP contribution in [0.1, 0.15) is 45.4 Å². The van der Waals surface area contributed by atoms with E-state index in [4.69, 9.17) is 0 Å². The summed E-state index contributed by atoms with van der Waals surface area (Å²) in [5.41, 5.74) is 0. The Bertz CT molecular complexity index is 208. The van der Waals surface area contributed by atoms with Crippen molar-refractivity contribution in [1.29, 1.82) is 0 Å². The molecule has 2 unspecified atom stereocenters. The van der Waals surface area contributed by atoms with Crippen molar-refractivity contribution >= 4 is 5.78 Å². The summed E-state index contributed by atoms with van der Waals surface area (Å²) in [7, 11) is 0. The lowest BCUT2D eigenvalue weighted by molar-refractivity contribution is -0.119. The van der Waals surface area contributed by atoms with Gasteiger partial charge in [0.1, 0.15) is 0 Å². The molecule has 0 amide bonds. The molecule has 1 rings (SSSR count). The molecule has 0 radical (unpaired) electrons. The highest BCUT2D eigenvalue weighted by Gasteiger charge is 2.27. The zero-order valence-electron chi connectivity index (χ0n) is 8.91. The van der Waals surface area contributed by atoms with E-state index in [-0.39, 0.29) is 11.7 Å². The van der Waals surface area contributed by atoms with Crippen LogP contribution in [0.2, 0.25) is 0 Å². The van der Waals surface area contributed by atoms with Gasteiger partial charge in [0.05, 0.1) is 12.0 Å². The summed E-state index contributed by atoms with van der Waals surface area (Å²) in [5.74, 6) is -0.0374. The molecule has 0 saturated heterocycles. The molecule has 0 aromatic rings. The molecule has 1 aliphatic rings. The number of carbonyl (C=O) groups is 1. The number of ketones is 1. The van der Waals surface area contributed by atoms with Crippen molar-refractivity contribution in [2.24, 2.45) is 5.92 Å². The summed E-state index contributed by atoms with van der Waals surface area (Å²) >= 11 is 0. The zero-order chi connectivity index (χ0) is 10.4. The minimum absolute atomic E-state index is 0.105. The van der Waals surface area contributed by atoms with E-state index in [1.807, 2.05) is 0 Å². The molecule has 0 fully saturated rings. The van der Waals surface area contributed by atoms with Gasteiger partial charge in [-0.25, -0.2) is 0 Å². The lowest BCUT2D eigenvalue weighted by Crippen LogP contribution is -2.19. The van der Waals surface area contributed by atoms with Crippen molar-refractivity contribution in [3.8, 4) is 0 Å². The predicted molar refractivity (Wildman–Crippen MR) is 57.0 cm³/mol. The third kappa shape index (κ3) is 3.26. The zero-order valence-corrected chi connectivity index (χ0v) is 8.91. The van der Waals surface area contributed by atoms with Crippen LogP contribution in [0.3, 0.4) is 0 Å². The molecule has 1 aliphatic carbocycles. The fourth-order valence-corrected chi connectivity index (χ4v) is 1.90. The largest absolute Gasteiger partial charge is 0.388 e. The molecule has 0 aromatic heterocycles. The molecule has 2 atom stereocenters. The Balaban J connectivity index is 2.10. The first-order chi connectivity index (χ1) is 6.75. The average Bonchev–Trinajstić information content (AvgIpc) is 2.48. The van der Waals surface area contributed by atoms with Gasteiger partial charge in [0.25, 0.3) is 0 Å². The average molecular weight is 196 g/mol. The van der Waals surface area contributed by atoms with Gasteiger partial charge >= 0.3 is 0 Å². The number of unbranched alkanes of at least 4 members (excludes halogenated alkanes) is 4. The molecule has 0 bridgehead atoms. The number of aliphatic hydroxyl groups excluding tert-OH is 1. The lowest BCUT2D eigenvalue weighted by atomic mass is 9.96. The second kappa shape index (κ2) is 5.97. The summed E-state index contributed by atoms with van der Waals surface area (Å²) in [4.78, 5) is 11.3. The van der Waals surface area contributed by atoms with E-state index < -0.39 is 6.10 Å². The molecule has 0 aliphatic heterocycles. The van der Waals surface area contributed by atoms with Gasteiger partial charge in [-0.15, -0.1) is 0 Å². The molecule has 2 heteroatoms. The Labute approximate surface area is 86.0 Å². The Morgan fingerprint density at radius 1 is 1.29 bits per heavy atom. The highest BCUT2D eigenvalue weighted by atomic mass is 16.3. The Kier molecular flexibility index (Phi) is 4.88. The van der Waals surface area contributed by atoms with Crippen molar-refractivity contribution in [2.75, 3.05) is 0 Å². The number of carbonyl (C=O) groups excluding carboxylic acids is 1. The standard InChI is InChI=1S/C12H20O2/c1-2-3-4-5-6-7-10-11(13)8-9-12(10)14/h8-11,13H,2-7H2,1H3. The Morgan fingerprint density at radius 2 is 2.00 bits per heavy atom. The van der Waals surface area contributed by atoms with Crippen LogP contribution < -0.4 is 0 Å². The number of aliphatic hydroxyl groups is 1. The Morgan fingerprint density at radius 3 is 2.57 bits per heavy atom. The van der Waals surface area contributed by atoms with Gasteiger partial charge in [0.2, 0.25) is 0 Å². The number of hydrogen-bond acceptors (Lipinski definition) is 2. The summed E-state index contributed by atoms with van der Waals surface area (Å²) in [5, 5.41) is 9.45. The van der Waals surface area contributed by atoms with Crippen LogP contribution in [0.4, 0.5) is 0 Å². The van der Waals surface area contributed by atoms with Crippen molar-refractivity contribution in [3.05, 3.63) is 12.2 Å². The van der Waals surface area contributed by atoms with E-state index in [0.717, 1.165) is 12.8 Å². The van der Waals surface area contributed by atoms with Crippen molar-refractivity contribution in [3.63, 3.8) is 0 Å². The number of allylic oxidation sites excluding steroid dienone is 1. The normalized spacial score (nSPS) is 26.0. The van der Waals surface area contributed by atoms with Crippen molar-refractivity contribution in [2.45, 2.75) is 51.6 Å². The maximum absolute atomic E-state index is 11.3. The smallest absolute Gasteiger partial charge is 0.161 e. The summed E-state index contributed by atoms with van der Waals surface area (Å²) in [6.45, 7) is 2.19. The SMILES string of the molecule is CCCCCCCC1C(=O)C=CC1O. The maximum Gasteiger partial charge on any atom is 0.161 e. The third-order valence-electron chi connectivity index (χ3n) is 2.85. The summed E-state index contributed by atoms with van der Waals surface area (Å²) < 4.78 is 0. The van der Waals surface area contributed by atoms with Crippen LogP contribution in [-0.2, 0) is 4.79 Å². The molecule has 14 heavy (non-hydrogen) atoms. The van der Waals surface area contributed by atoms with Crippen LogP contribution in [-0.4, -0.2) is 17.0 Å². The molecule has 0 heterocycles. The van der Waals surface area contributed by atoms with E-state index >= 15 is 0 Å². The molecular weight excluding hydrogens is 176 g/mol. The highest BCUT2D eigenvalue weighted by Crippen LogP contribution is 2.21. The van der Waals surface area contributed by atoms with E-state index in [0.29, 0.717) is 0 Å². The predicted octanol–water partition coefficient (Wildman–Crippen LogP) is 2.46. The summed E-state index contributed by atoms with van der Waals surface area (Å²) in [6.07, 6.45) is 9.47. The van der Waals surface area contributed by atoms with Gasteiger partial charge in [-0.1, -0.05) is 45.1 Å². The third-order valence-corrected chi connectivity index (χ3v) is 2.85. The molecule has 0 aromatic carbocycles. The van der Waals surface area contributed by atoms with Crippen molar-refractivity contribution < 1.29 is 9.90 Å². The highest BCUT2D eigenvalue weighted by molar-refractivity contribution is 5.94. The van der Waals surface area contributed by atoms with Crippen LogP contribution in [0, 0.1) is 5.92 Å². The van der Waals surface area contributed by atoms with Gasteiger partial charge in [-0.2, -0.15) is 0 Å². The first-order valence-electron chi connectivity index (χ1n) is 5.66. The van der Waals surface area contributed by atoms with Gasteiger partial charge in [0, 0.05) is 0 Å². The first-order valence-corrected chi connectivity index (χ1v) is 5.66. The molecular formula is C12H20O2. The van der Waals surface area contributed by atoms with E-state index in [2.05, 4.69) is 6.92 Å². The molecule has 0 saturated carbocycles. The fraction of sp³-hybridized carbons (Fsp3) is 0.750. The van der Waals surface area contributed by atoms with Gasteiger partial charge in [0.15, 0.2) is 5.78 Å². The van der Waals surface area contributed by atoms with Gasteiger partial charge in [-0.05, 0) is 12.5 Å². The first kappa shape index (κ1) is 11.4. The van der Waals surface area contributed by atoms with Crippen LogP contribution in [0.5, 0.6) is 0 Å². The van der Waals surface area contributed by atoms with Crippen LogP contribution in [0.15, 0.2) is 12.2 Å². The quantitative estimate of drug-likeness (QED) is 0.663. The number of hydrogen-bond donors (Lipinski definition) is 1. The molecule has 1 N–H and O–H groups in total. The molecule has 2 nitrogen and oxygen atoms in total. The second-order valence-corrected chi connectivity index (χ2v) is 4.06. The summed E-state index contributed by atoms with van der Waals surface area (Å²) in [6, 6.07) is 0. The minimum atomic E-state index is -0.520. The lowest BCUT2D eigenvalue weighted by Gasteiger charge is -2.12.